The first-order valence-electron chi connectivity index (χ1n) is 22.1. The van der Waals surface area contributed by atoms with E-state index in [1.165, 1.54) is 0 Å². The second-order valence-electron chi connectivity index (χ2n) is 17.1. The molecule has 17 heteroatoms. The fourth-order valence-electron chi connectivity index (χ4n) is 9.67. The molecule has 62 heavy (non-hydrogen) atoms. The van der Waals surface area contributed by atoms with Gasteiger partial charge in [-0.05, 0) is 96.4 Å². The zero-order valence-electron chi connectivity index (χ0n) is 35.8. The van der Waals surface area contributed by atoms with Gasteiger partial charge >= 0.3 is 0 Å². The molecule has 4 aromatic rings. The second-order valence-corrected chi connectivity index (χ2v) is 17.1. The van der Waals surface area contributed by atoms with Gasteiger partial charge in [-0.1, -0.05) is 18.6 Å². The third-order valence-corrected chi connectivity index (χ3v) is 13.1. The van der Waals surface area contributed by atoms with Crippen LogP contribution in [0.15, 0.2) is 48.8 Å². The Labute approximate surface area is 361 Å². The van der Waals surface area contributed by atoms with Gasteiger partial charge in [0.15, 0.2) is 5.82 Å². The fraction of sp³-hybridized carbons (Fsp3) is 0.489. The van der Waals surface area contributed by atoms with E-state index in [4.69, 9.17) is 9.97 Å². The number of piperazine rings is 1. The number of hydrogen-bond donors (Lipinski definition) is 1. The van der Waals surface area contributed by atoms with Crippen molar-refractivity contribution in [2.45, 2.75) is 90.5 Å². The number of carbonyl (C=O) groups excluding carboxylic acids is 5. The van der Waals surface area contributed by atoms with Crippen molar-refractivity contribution in [3.05, 3.63) is 76.7 Å². The van der Waals surface area contributed by atoms with Crippen molar-refractivity contribution in [1.82, 2.24) is 44.7 Å². The fourth-order valence-corrected chi connectivity index (χ4v) is 9.67. The van der Waals surface area contributed by atoms with Crippen LogP contribution in [0.25, 0.3) is 11.5 Å². The molecule has 0 bridgehead atoms. The van der Waals surface area contributed by atoms with E-state index in [1.807, 2.05) is 41.8 Å². The number of benzene rings is 1. The Morgan fingerprint density at radius 1 is 0.855 bits per heavy atom. The van der Waals surface area contributed by atoms with E-state index in [0.29, 0.717) is 59.7 Å². The maximum atomic E-state index is 14.2. The highest BCUT2D eigenvalue weighted by Crippen LogP contribution is 2.36. The molecular formula is C45H54N12O5. The molecule has 17 nitrogen and oxygen atoms in total. The van der Waals surface area contributed by atoms with Crippen molar-refractivity contribution >= 4 is 46.9 Å². The van der Waals surface area contributed by atoms with Crippen molar-refractivity contribution in [2.75, 3.05) is 67.6 Å². The van der Waals surface area contributed by atoms with Crippen LogP contribution in [0.2, 0.25) is 0 Å². The number of nitrogens with one attached hydrogen (secondary N) is 1. The van der Waals surface area contributed by atoms with Gasteiger partial charge in [0.1, 0.15) is 29.7 Å². The number of aryl methyl sites for hydroxylation is 1. The molecule has 3 fully saturated rings. The van der Waals surface area contributed by atoms with Gasteiger partial charge in [-0.25, -0.2) is 9.97 Å². The van der Waals surface area contributed by atoms with Gasteiger partial charge in [0.05, 0.1) is 34.6 Å². The number of piperidine rings is 1. The Morgan fingerprint density at radius 3 is 2.45 bits per heavy atom. The van der Waals surface area contributed by atoms with Gasteiger partial charge in [0.2, 0.25) is 11.8 Å². The van der Waals surface area contributed by atoms with Crippen molar-refractivity contribution in [3.8, 4) is 11.5 Å². The number of fused-ring (bicyclic) bond motifs is 2. The van der Waals surface area contributed by atoms with E-state index in [2.05, 4.69) is 49.1 Å². The van der Waals surface area contributed by atoms with E-state index < -0.39 is 29.7 Å². The summed E-state index contributed by atoms with van der Waals surface area (Å²) < 4.78 is 1.94. The lowest BCUT2D eigenvalue weighted by molar-refractivity contribution is -0.136. The molecule has 2 atom stereocenters. The summed E-state index contributed by atoms with van der Waals surface area (Å²) in [5.41, 5.74) is 4.64. The molecule has 9 rings (SSSR count). The molecule has 324 valence electrons. The SMILES string of the molecule is CCn1cnnc1-c1cccc(N2Cc3c(cc(N4CCC[C@H]4C)nc3CN(C)CCCCCN3CCN(c4cccc5c4C(=O)N(C4CCC(=O)NC4=O)C5=O)CC3)C2=O)n1. The number of carbonyl (C=O) groups is 5. The summed E-state index contributed by atoms with van der Waals surface area (Å²) >= 11 is 0. The minimum atomic E-state index is -0.984. The highest BCUT2D eigenvalue weighted by Gasteiger charge is 2.46. The van der Waals surface area contributed by atoms with Crippen LogP contribution in [0.1, 0.15) is 101 Å². The summed E-state index contributed by atoms with van der Waals surface area (Å²) in [6, 6.07) is 12.4. The molecule has 1 aromatic carbocycles. The van der Waals surface area contributed by atoms with Gasteiger partial charge in [-0.2, -0.15) is 0 Å². The first kappa shape index (κ1) is 41.3. The summed E-state index contributed by atoms with van der Waals surface area (Å²) in [4.78, 5) is 87.7. The van der Waals surface area contributed by atoms with Gasteiger partial charge in [0.25, 0.3) is 17.7 Å². The smallest absolute Gasteiger partial charge is 0.264 e. The van der Waals surface area contributed by atoms with Gasteiger partial charge < -0.3 is 19.3 Å². The zero-order valence-corrected chi connectivity index (χ0v) is 35.8. The lowest BCUT2D eigenvalue weighted by atomic mass is 10.0. The third kappa shape index (κ3) is 7.83. The van der Waals surface area contributed by atoms with Crippen LogP contribution in [0.5, 0.6) is 0 Å². The maximum absolute atomic E-state index is 14.2. The third-order valence-electron chi connectivity index (χ3n) is 13.1. The number of amides is 5. The summed E-state index contributed by atoms with van der Waals surface area (Å²) in [5.74, 6) is 0.112. The van der Waals surface area contributed by atoms with Crippen molar-refractivity contribution in [3.63, 3.8) is 0 Å². The van der Waals surface area contributed by atoms with Crippen molar-refractivity contribution in [1.29, 1.82) is 0 Å². The number of hydrogen-bond acceptors (Lipinski definition) is 13. The molecule has 3 aromatic heterocycles. The average molecular weight is 843 g/mol. The summed E-state index contributed by atoms with van der Waals surface area (Å²) in [5, 5.41) is 10.6. The predicted molar refractivity (Wildman–Crippen MR) is 232 cm³/mol. The molecule has 8 heterocycles. The number of aromatic nitrogens is 5. The first-order chi connectivity index (χ1) is 30.1. The summed E-state index contributed by atoms with van der Waals surface area (Å²) in [6.07, 6.45) is 7.28. The molecule has 5 aliphatic heterocycles. The second kappa shape index (κ2) is 17.4. The van der Waals surface area contributed by atoms with Gasteiger partial charge in [-0.3, -0.25) is 44.0 Å². The standard InChI is InChI=1S/C45H54N12O5/c1-4-53-28-46-50-41(53)33-13-9-15-37(47-33)56-26-32-31(43(56)60)25-38(55-20-10-11-29(55)2)48-34(32)27-51(3)18-6-5-7-19-52-21-23-54(24-22-52)35-14-8-12-30-40(35)45(62)57(44(30)61)36-16-17-39(58)49-42(36)59/h8-9,12-15,25,28-29,36H,4-7,10-11,16-24,26-27H2,1-3H3,(H,49,58,59)/t29-,36?/m1/s1. The van der Waals surface area contributed by atoms with Gasteiger partial charge in [-0.15, -0.1) is 10.2 Å². The monoisotopic (exact) mass is 842 g/mol. The number of pyridine rings is 2. The van der Waals surface area contributed by atoms with Crippen LogP contribution in [0.4, 0.5) is 17.3 Å². The van der Waals surface area contributed by atoms with Gasteiger partial charge in [0, 0.05) is 63.8 Å². The lowest BCUT2D eigenvalue weighted by Gasteiger charge is -2.36. The Bertz CT molecular complexity index is 2410. The minimum absolute atomic E-state index is 0.0606. The molecule has 0 saturated carbocycles. The van der Waals surface area contributed by atoms with Crippen molar-refractivity contribution < 1.29 is 24.0 Å². The van der Waals surface area contributed by atoms with E-state index in [1.54, 1.807) is 23.4 Å². The molecule has 3 saturated heterocycles. The van der Waals surface area contributed by atoms with E-state index >= 15 is 0 Å². The molecule has 5 amide bonds. The normalized spacial score (nSPS) is 20.5. The molecule has 1 unspecified atom stereocenters. The number of nitrogens with zero attached hydrogens (tertiary/aromatic N) is 11. The number of anilines is 3. The minimum Gasteiger partial charge on any atom is -0.368 e. The number of unbranched alkanes of at least 4 members (excludes halogenated alkanes) is 2. The van der Waals surface area contributed by atoms with Crippen LogP contribution in [-0.2, 0) is 29.2 Å². The molecule has 5 aliphatic rings. The first-order valence-corrected chi connectivity index (χ1v) is 22.1. The highest BCUT2D eigenvalue weighted by atomic mass is 16.2. The van der Waals surface area contributed by atoms with Crippen LogP contribution in [0, 0.1) is 0 Å². The predicted octanol–water partition coefficient (Wildman–Crippen LogP) is 3.73. The lowest BCUT2D eigenvalue weighted by Crippen LogP contribution is -2.54. The van der Waals surface area contributed by atoms with E-state index in [-0.39, 0.29) is 18.7 Å². The van der Waals surface area contributed by atoms with Crippen LogP contribution in [-0.4, -0.2) is 134 Å². The molecule has 0 radical (unpaired) electrons. The average Bonchev–Trinajstić information content (AvgIpc) is 4.07. The molecule has 0 aliphatic carbocycles. The summed E-state index contributed by atoms with van der Waals surface area (Å²) in [7, 11) is 2.13. The van der Waals surface area contributed by atoms with Crippen LogP contribution in [0.3, 0.4) is 0 Å². The zero-order chi connectivity index (χ0) is 43.1. The quantitative estimate of drug-likeness (QED) is 0.144. The molecule has 0 spiro atoms. The Kier molecular flexibility index (Phi) is 11.6. The van der Waals surface area contributed by atoms with Crippen molar-refractivity contribution in [2.24, 2.45) is 0 Å². The molecule has 1 N–H and O–H groups in total. The number of imide groups is 2. The molecular weight excluding hydrogens is 789 g/mol. The maximum Gasteiger partial charge on any atom is 0.264 e. The van der Waals surface area contributed by atoms with E-state index in [9.17, 15) is 24.0 Å². The Hall–Kier alpha value is -6.07. The van der Waals surface area contributed by atoms with Crippen LogP contribution < -0.4 is 20.0 Å². The van der Waals surface area contributed by atoms with E-state index in [0.717, 1.165) is 106 Å². The summed E-state index contributed by atoms with van der Waals surface area (Å²) in [6.45, 7) is 11.9. The number of rotatable bonds is 14. The Balaban J connectivity index is 0.789. The topological polar surface area (TPSA) is 173 Å². The largest absolute Gasteiger partial charge is 0.368 e. The Morgan fingerprint density at radius 2 is 1.68 bits per heavy atom. The highest BCUT2D eigenvalue weighted by molar-refractivity contribution is 6.25. The van der Waals surface area contributed by atoms with Crippen LogP contribution >= 0.6 is 0 Å².